The molecule has 1 atom stereocenters. The quantitative estimate of drug-likeness (QED) is 0.489. The molecule has 0 unspecified atom stereocenters. The van der Waals surface area contributed by atoms with Crippen LogP contribution in [0.15, 0.2) is 48.5 Å². The predicted octanol–water partition coefficient (Wildman–Crippen LogP) is 4.45. The van der Waals surface area contributed by atoms with Crippen molar-refractivity contribution in [2.75, 3.05) is 20.3 Å². The normalized spacial score (nSPS) is 11.5. The van der Waals surface area contributed by atoms with Gasteiger partial charge in [-0.25, -0.2) is 0 Å². The van der Waals surface area contributed by atoms with Crippen LogP contribution in [0.2, 0.25) is 5.02 Å². The van der Waals surface area contributed by atoms with E-state index in [0.29, 0.717) is 30.3 Å². The van der Waals surface area contributed by atoms with Gasteiger partial charge in [-0.1, -0.05) is 50.1 Å². The van der Waals surface area contributed by atoms with Crippen molar-refractivity contribution < 1.29 is 19.1 Å². The molecular weight excluding hydrogens is 416 g/mol. The number of nitrogens with zero attached hydrogens (tertiary/aromatic N) is 1. The number of carbonyl (C=O) groups is 2. The zero-order valence-corrected chi connectivity index (χ0v) is 19.2. The third-order valence-electron chi connectivity index (χ3n) is 4.89. The molecule has 31 heavy (non-hydrogen) atoms. The van der Waals surface area contributed by atoms with Crippen LogP contribution in [0.3, 0.4) is 0 Å². The number of ether oxygens (including phenoxy) is 2. The van der Waals surface area contributed by atoms with E-state index in [-0.39, 0.29) is 18.4 Å². The summed E-state index contributed by atoms with van der Waals surface area (Å²) in [7, 11) is 1.60. The van der Waals surface area contributed by atoms with Gasteiger partial charge in [-0.2, -0.15) is 0 Å². The van der Waals surface area contributed by atoms with Gasteiger partial charge < -0.3 is 19.7 Å². The topological polar surface area (TPSA) is 67.9 Å². The lowest BCUT2D eigenvalue weighted by Crippen LogP contribution is -2.50. The second-order valence-electron chi connectivity index (χ2n) is 7.18. The van der Waals surface area contributed by atoms with E-state index in [4.69, 9.17) is 21.1 Å². The molecule has 0 spiro atoms. The first-order chi connectivity index (χ1) is 15.0. The van der Waals surface area contributed by atoms with Crippen LogP contribution in [0.4, 0.5) is 0 Å². The van der Waals surface area contributed by atoms with Crippen LogP contribution in [0.25, 0.3) is 0 Å². The first kappa shape index (κ1) is 24.5. The van der Waals surface area contributed by atoms with Gasteiger partial charge in [0.25, 0.3) is 5.91 Å². The predicted molar refractivity (Wildman–Crippen MR) is 122 cm³/mol. The number of methoxy groups -OCH3 is 1. The Morgan fingerprint density at radius 2 is 1.84 bits per heavy atom. The summed E-state index contributed by atoms with van der Waals surface area (Å²) < 4.78 is 10.9. The number of benzene rings is 2. The van der Waals surface area contributed by atoms with Gasteiger partial charge in [-0.15, -0.1) is 0 Å². The fourth-order valence-corrected chi connectivity index (χ4v) is 3.32. The number of nitrogens with one attached hydrogen (secondary N) is 1. The fourth-order valence-electron chi connectivity index (χ4n) is 3.14. The van der Waals surface area contributed by atoms with Crippen molar-refractivity contribution in [3.63, 3.8) is 0 Å². The van der Waals surface area contributed by atoms with Crippen LogP contribution in [-0.2, 0) is 16.1 Å². The maximum absolute atomic E-state index is 13.1. The second kappa shape index (κ2) is 12.8. The van der Waals surface area contributed by atoms with Gasteiger partial charge in [-0.05, 0) is 48.7 Å². The van der Waals surface area contributed by atoms with E-state index >= 15 is 0 Å². The van der Waals surface area contributed by atoms with Crippen molar-refractivity contribution >= 4 is 23.4 Å². The lowest BCUT2D eigenvalue weighted by Gasteiger charge is -2.30. The molecule has 0 saturated carbocycles. The third kappa shape index (κ3) is 7.79. The Balaban J connectivity index is 2.17. The molecule has 0 heterocycles. The molecule has 2 aromatic rings. The molecule has 0 fully saturated rings. The van der Waals surface area contributed by atoms with Gasteiger partial charge in [0.2, 0.25) is 5.91 Å². The van der Waals surface area contributed by atoms with Crippen LogP contribution in [-0.4, -0.2) is 43.0 Å². The summed E-state index contributed by atoms with van der Waals surface area (Å²) in [6, 6.07) is 13.7. The molecule has 0 aliphatic rings. The van der Waals surface area contributed by atoms with Crippen molar-refractivity contribution in [1.82, 2.24) is 10.2 Å². The average Bonchev–Trinajstić information content (AvgIpc) is 2.78. The van der Waals surface area contributed by atoms with Gasteiger partial charge in [-0.3, -0.25) is 9.59 Å². The molecule has 2 rings (SSSR count). The maximum Gasteiger partial charge on any atom is 0.261 e. The van der Waals surface area contributed by atoms with Crippen LogP contribution in [0, 0.1) is 0 Å². The highest BCUT2D eigenvalue weighted by molar-refractivity contribution is 6.30. The van der Waals surface area contributed by atoms with Crippen LogP contribution >= 0.6 is 11.6 Å². The van der Waals surface area contributed by atoms with Gasteiger partial charge >= 0.3 is 0 Å². The minimum absolute atomic E-state index is 0.152. The molecular formula is C24H31ClN2O4. The maximum atomic E-state index is 13.1. The molecule has 0 saturated heterocycles. The standard InChI is InChI=1S/C24H31ClN2O4/c1-4-6-14-26-24(29)22(5-2)27(16-18-10-12-20(30-3)13-11-18)23(28)17-31-21-9-7-8-19(25)15-21/h7-13,15,22H,4-6,14,16-17H2,1-3H3,(H,26,29)/t22-/m0/s1. The first-order valence-electron chi connectivity index (χ1n) is 10.6. The number of carbonyl (C=O) groups excluding carboxylic acids is 2. The van der Waals surface area contributed by atoms with E-state index in [9.17, 15) is 9.59 Å². The summed E-state index contributed by atoms with van der Waals surface area (Å²) in [6.45, 7) is 4.67. The highest BCUT2D eigenvalue weighted by atomic mass is 35.5. The number of unbranched alkanes of at least 4 members (excludes halogenated alkanes) is 1. The molecule has 7 heteroatoms. The van der Waals surface area contributed by atoms with Crippen molar-refractivity contribution in [2.24, 2.45) is 0 Å². The lowest BCUT2D eigenvalue weighted by atomic mass is 10.1. The molecule has 0 aliphatic carbocycles. The summed E-state index contributed by atoms with van der Waals surface area (Å²) in [5.41, 5.74) is 0.900. The highest BCUT2D eigenvalue weighted by Gasteiger charge is 2.28. The number of rotatable bonds is 12. The van der Waals surface area contributed by atoms with Crippen molar-refractivity contribution in [2.45, 2.75) is 45.7 Å². The van der Waals surface area contributed by atoms with E-state index in [1.807, 2.05) is 31.2 Å². The molecule has 0 bridgehead atoms. The zero-order valence-electron chi connectivity index (χ0n) is 18.4. The van der Waals surface area contributed by atoms with Gasteiger partial charge in [0.15, 0.2) is 6.61 Å². The third-order valence-corrected chi connectivity index (χ3v) is 5.12. The molecule has 0 aromatic heterocycles. The Hall–Kier alpha value is -2.73. The zero-order chi connectivity index (χ0) is 22.6. The largest absolute Gasteiger partial charge is 0.497 e. The van der Waals surface area contributed by atoms with Gasteiger partial charge in [0.05, 0.1) is 7.11 Å². The average molecular weight is 447 g/mol. The van der Waals surface area contributed by atoms with E-state index in [1.165, 1.54) is 0 Å². The van der Waals surface area contributed by atoms with E-state index < -0.39 is 6.04 Å². The number of hydrogen-bond donors (Lipinski definition) is 1. The van der Waals surface area contributed by atoms with E-state index in [2.05, 4.69) is 12.2 Å². The Bertz CT molecular complexity index is 842. The summed E-state index contributed by atoms with van der Waals surface area (Å²) in [5.74, 6) is 0.815. The van der Waals surface area contributed by atoms with Crippen LogP contribution in [0.5, 0.6) is 11.5 Å². The molecule has 2 amide bonds. The Morgan fingerprint density at radius 3 is 2.45 bits per heavy atom. The van der Waals surface area contributed by atoms with Crippen molar-refractivity contribution in [3.05, 3.63) is 59.1 Å². The summed E-state index contributed by atoms with van der Waals surface area (Å²) in [4.78, 5) is 27.5. The van der Waals surface area contributed by atoms with E-state index in [0.717, 1.165) is 24.2 Å². The SMILES string of the molecule is CCCCNC(=O)[C@H](CC)N(Cc1ccc(OC)cc1)C(=O)COc1cccc(Cl)c1. The second-order valence-corrected chi connectivity index (χ2v) is 7.62. The monoisotopic (exact) mass is 446 g/mol. The molecule has 0 aliphatic heterocycles. The van der Waals surface area contributed by atoms with Crippen LogP contribution in [0.1, 0.15) is 38.7 Å². The van der Waals surface area contributed by atoms with Gasteiger partial charge in [0.1, 0.15) is 17.5 Å². The highest BCUT2D eigenvalue weighted by Crippen LogP contribution is 2.19. The molecule has 2 aromatic carbocycles. The Labute approximate surface area is 189 Å². The summed E-state index contributed by atoms with van der Waals surface area (Å²) in [6.07, 6.45) is 2.38. The minimum atomic E-state index is -0.589. The summed E-state index contributed by atoms with van der Waals surface area (Å²) in [5, 5.41) is 3.47. The summed E-state index contributed by atoms with van der Waals surface area (Å²) >= 11 is 5.99. The lowest BCUT2D eigenvalue weighted by molar-refractivity contribution is -0.143. The van der Waals surface area contributed by atoms with E-state index in [1.54, 1.807) is 36.3 Å². The molecule has 168 valence electrons. The van der Waals surface area contributed by atoms with Crippen molar-refractivity contribution in [3.8, 4) is 11.5 Å². The van der Waals surface area contributed by atoms with Crippen LogP contribution < -0.4 is 14.8 Å². The molecule has 6 nitrogen and oxygen atoms in total. The number of amides is 2. The number of hydrogen-bond acceptors (Lipinski definition) is 4. The fraction of sp³-hybridized carbons (Fsp3) is 0.417. The first-order valence-corrected chi connectivity index (χ1v) is 10.9. The smallest absolute Gasteiger partial charge is 0.261 e. The van der Waals surface area contributed by atoms with Gasteiger partial charge in [0, 0.05) is 18.1 Å². The Kier molecular flexibility index (Phi) is 10.2. The van der Waals surface area contributed by atoms with Crippen molar-refractivity contribution in [1.29, 1.82) is 0 Å². The molecule has 1 N–H and O–H groups in total. The minimum Gasteiger partial charge on any atom is -0.497 e. The Morgan fingerprint density at radius 1 is 1.10 bits per heavy atom. The molecule has 0 radical (unpaired) electrons. The number of halogens is 1.